The summed E-state index contributed by atoms with van der Waals surface area (Å²) in [6.45, 7) is 11.4. The molecule has 0 bridgehead atoms. The first-order valence-corrected chi connectivity index (χ1v) is 17.7. The number of hydrogen-bond donors (Lipinski definition) is 4. The van der Waals surface area contributed by atoms with E-state index in [9.17, 15) is 9.59 Å². The van der Waals surface area contributed by atoms with Gasteiger partial charge in [-0.15, -0.1) is 6.58 Å². The second-order valence-electron chi connectivity index (χ2n) is 13.3. The fourth-order valence-corrected chi connectivity index (χ4v) is 7.88. The molecule has 5 N–H and O–H groups in total. The summed E-state index contributed by atoms with van der Waals surface area (Å²) >= 11 is 1.80. The topological polar surface area (TPSA) is 103 Å². The van der Waals surface area contributed by atoms with E-state index in [2.05, 4.69) is 40.7 Å². The molecule has 258 valence electrons. The number of hydrogen-bond acceptors (Lipinski definition) is 6. The van der Waals surface area contributed by atoms with Crippen molar-refractivity contribution in [2.45, 2.75) is 88.5 Å². The number of alkyl halides is 2. The lowest BCUT2D eigenvalue weighted by molar-refractivity contribution is -0.125. The third-order valence-electron chi connectivity index (χ3n) is 9.43. The van der Waals surface area contributed by atoms with Crippen LogP contribution in [0.5, 0.6) is 0 Å². The Morgan fingerprint density at radius 1 is 1.17 bits per heavy atom. The summed E-state index contributed by atoms with van der Waals surface area (Å²) in [5.74, 6) is -4.10. The minimum absolute atomic E-state index is 0.111. The Bertz CT molecular complexity index is 1390. The molecule has 2 saturated heterocycles. The third-order valence-corrected chi connectivity index (χ3v) is 10.9. The van der Waals surface area contributed by atoms with Gasteiger partial charge in [0.1, 0.15) is 0 Å². The molecule has 2 fully saturated rings. The Balaban J connectivity index is 1.42. The monoisotopic (exact) mass is 670 g/mol. The predicted molar refractivity (Wildman–Crippen MR) is 190 cm³/mol. The number of piperidine rings is 2. The van der Waals surface area contributed by atoms with Gasteiger partial charge in [-0.1, -0.05) is 48.7 Å². The van der Waals surface area contributed by atoms with Crippen LogP contribution >= 0.6 is 11.9 Å². The van der Waals surface area contributed by atoms with Gasteiger partial charge in [0.25, 0.3) is 5.92 Å². The van der Waals surface area contributed by atoms with Gasteiger partial charge in [0, 0.05) is 55.4 Å². The zero-order valence-corrected chi connectivity index (χ0v) is 29.1. The van der Waals surface area contributed by atoms with E-state index in [1.807, 2.05) is 25.1 Å². The van der Waals surface area contributed by atoms with Crippen LogP contribution in [0.3, 0.4) is 0 Å². The molecule has 2 aliphatic heterocycles. The van der Waals surface area contributed by atoms with Crippen LogP contribution in [0, 0.1) is 5.92 Å². The van der Waals surface area contributed by atoms with E-state index in [4.69, 9.17) is 5.73 Å². The smallest absolute Gasteiger partial charge is 0.322 e. The van der Waals surface area contributed by atoms with Gasteiger partial charge >= 0.3 is 6.03 Å². The average molecular weight is 671 g/mol. The fraction of sp³-hybridized carbons (Fsp3) is 0.556. The fourth-order valence-electron chi connectivity index (χ4n) is 6.70. The lowest BCUT2D eigenvalue weighted by atomic mass is 9.83. The van der Waals surface area contributed by atoms with Crippen LogP contribution in [-0.4, -0.2) is 65.8 Å². The first-order chi connectivity index (χ1) is 22.4. The highest BCUT2D eigenvalue weighted by Crippen LogP contribution is 2.43. The first-order valence-electron chi connectivity index (χ1n) is 16.8. The molecule has 3 atom stereocenters. The first kappa shape index (κ1) is 36.7. The Morgan fingerprint density at radius 2 is 1.96 bits per heavy atom. The van der Waals surface area contributed by atoms with E-state index in [0.717, 1.165) is 17.9 Å². The third kappa shape index (κ3) is 9.27. The average Bonchev–Trinajstić information content (AvgIpc) is 3.03. The SMILES string of the molecule is C=CCCC(C(=O)NC)C(N)c1ccc(C2CCN(C(=O)Nc3cccc(CSN4CCCCC4(C)C)c3)CC2(F)F)cc1NCC. The highest BCUT2D eigenvalue weighted by molar-refractivity contribution is 7.96. The Kier molecular flexibility index (Phi) is 12.7. The van der Waals surface area contributed by atoms with Crippen molar-refractivity contribution < 1.29 is 18.4 Å². The molecule has 3 amide bonds. The number of benzene rings is 2. The highest BCUT2D eigenvalue weighted by Gasteiger charge is 2.47. The molecule has 0 radical (unpaired) electrons. The molecule has 0 saturated carbocycles. The quantitative estimate of drug-likeness (QED) is 0.130. The van der Waals surface area contributed by atoms with E-state index in [0.29, 0.717) is 41.9 Å². The van der Waals surface area contributed by atoms with Crippen molar-refractivity contribution in [1.82, 2.24) is 14.5 Å². The number of nitrogens with one attached hydrogen (secondary N) is 3. The number of urea groups is 1. The van der Waals surface area contributed by atoms with Gasteiger partial charge < -0.3 is 26.6 Å². The summed E-state index contributed by atoms with van der Waals surface area (Å²) in [5.41, 5.74) is 10.3. The van der Waals surface area contributed by atoms with E-state index >= 15 is 8.78 Å². The zero-order chi connectivity index (χ0) is 34.2. The predicted octanol–water partition coefficient (Wildman–Crippen LogP) is 7.52. The molecule has 11 heteroatoms. The van der Waals surface area contributed by atoms with Gasteiger partial charge in [-0.05, 0) is 87.8 Å². The van der Waals surface area contributed by atoms with Gasteiger partial charge in [0.15, 0.2) is 0 Å². The van der Waals surface area contributed by atoms with Crippen LogP contribution in [0.4, 0.5) is 25.0 Å². The van der Waals surface area contributed by atoms with Crippen LogP contribution in [-0.2, 0) is 10.5 Å². The molecular weight excluding hydrogens is 618 g/mol. The lowest BCUT2D eigenvalue weighted by Crippen LogP contribution is -2.51. The van der Waals surface area contributed by atoms with Crippen molar-refractivity contribution in [2.24, 2.45) is 11.7 Å². The molecule has 2 heterocycles. The highest BCUT2D eigenvalue weighted by atomic mass is 32.2. The van der Waals surface area contributed by atoms with Gasteiger partial charge in [-0.2, -0.15) is 0 Å². The molecule has 0 aromatic heterocycles. The lowest BCUT2D eigenvalue weighted by Gasteiger charge is -2.41. The molecule has 0 aliphatic carbocycles. The molecule has 47 heavy (non-hydrogen) atoms. The van der Waals surface area contributed by atoms with Crippen LogP contribution in [0.1, 0.15) is 87.9 Å². The number of carbonyl (C=O) groups excluding carboxylic acids is 2. The minimum Gasteiger partial charge on any atom is -0.385 e. The van der Waals surface area contributed by atoms with Gasteiger partial charge in [-0.25, -0.2) is 17.9 Å². The summed E-state index contributed by atoms with van der Waals surface area (Å²) in [6.07, 6.45) is 6.62. The van der Waals surface area contributed by atoms with Crippen molar-refractivity contribution >= 4 is 35.3 Å². The normalized spacial score (nSPS) is 20.6. The number of nitrogens with two attached hydrogens (primary N) is 1. The Labute approximate surface area is 283 Å². The summed E-state index contributed by atoms with van der Waals surface area (Å²) in [6, 6.07) is 11.7. The van der Waals surface area contributed by atoms with E-state index in [1.54, 1.807) is 49.3 Å². The summed E-state index contributed by atoms with van der Waals surface area (Å²) in [4.78, 5) is 27.0. The number of carbonyl (C=O) groups is 2. The number of nitrogens with zero attached hydrogens (tertiary/aromatic N) is 2. The van der Waals surface area contributed by atoms with Crippen molar-refractivity contribution in [2.75, 3.05) is 43.9 Å². The molecule has 8 nitrogen and oxygen atoms in total. The number of allylic oxidation sites excluding steroid dienone is 1. The van der Waals surface area contributed by atoms with E-state index in [1.165, 1.54) is 24.2 Å². The minimum atomic E-state index is -3.14. The van der Waals surface area contributed by atoms with Gasteiger partial charge in [0.05, 0.1) is 18.4 Å². The van der Waals surface area contributed by atoms with Crippen LogP contribution in [0.15, 0.2) is 55.1 Å². The number of anilines is 2. The number of likely N-dealkylation sites (tertiary alicyclic amines) is 1. The molecule has 2 aromatic rings. The van der Waals surface area contributed by atoms with Crippen molar-refractivity contribution in [3.05, 3.63) is 71.8 Å². The molecule has 2 aromatic carbocycles. The molecule has 4 rings (SSSR count). The maximum atomic E-state index is 15.8. The molecule has 0 spiro atoms. The summed E-state index contributed by atoms with van der Waals surface area (Å²) in [5, 5.41) is 8.81. The van der Waals surface area contributed by atoms with Crippen LogP contribution < -0.4 is 21.7 Å². The zero-order valence-electron chi connectivity index (χ0n) is 28.3. The second-order valence-corrected chi connectivity index (χ2v) is 14.3. The molecule has 3 unspecified atom stereocenters. The van der Waals surface area contributed by atoms with Crippen LogP contribution in [0.2, 0.25) is 0 Å². The van der Waals surface area contributed by atoms with Gasteiger partial charge in [-0.3, -0.25) is 4.79 Å². The van der Waals surface area contributed by atoms with Crippen LogP contribution in [0.25, 0.3) is 0 Å². The maximum Gasteiger partial charge on any atom is 0.322 e. The van der Waals surface area contributed by atoms with E-state index < -0.39 is 36.4 Å². The summed E-state index contributed by atoms with van der Waals surface area (Å²) in [7, 11) is 1.58. The molecular formula is C36H52F2N6O2S. The largest absolute Gasteiger partial charge is 0.385 e. The summed E-state index contributed by atoms with van der Waals surface area (Å²) < 4.78 is 34.0. The number of halogens is 2. The number of rotatable bonds is 13. The second kappa shape index (κ2) is 16.3. The Hall–Kier alpha value is -3.15. The number of amides is 3. The Morgan fingerprint density at radius 3 is 2.64 bits per heavy atom. The van der Waals surface area contributed by atoms with Crippen molar-refractivity contribution in [3.8, 4) is 0 Å². The van der Waals surface area contributed by atoms with E-state index in [-0.39, 0.29) is 24.4 Å². The van der Waals surface area contributed by atoms with Gasteiger partial charge in [0.2, 0.25) is 5.91 Å². The maximum absolute atomic E-state index is 15.8. The van der Waals surface area contributed by atoms with Crippen molar-refractivity contribution in [1.29, 1.82) is 0 Å². The standard InChI is InChI=1S/C36H52F2N6O2S/c1-6-8-14-29(33(45)40-5)32(39)28-16-15-26(22-31(28)41-7-2)30-17-20-43(24-36(30,37)38)34(46)42-27-13-11-12-25(21-27)23-47-44-19-10-9-18-35(44,3)4/h6,11-13,15-16,21-22,29-30,32,41H,1,7-10,14,17-20,23-24,39H2,2-5H3,(H,40,45)(H,42,46). The van der Waals surface area contributed by atoms with Crippen molar-refractivity contribution in [3.63, 3.8) is 0 Å². The molecule has 2 aliphatic rings.